The first kappa shape index (κ1) is 13.8. The van der Waals surface area contributed by atoms with Crippen molar-refractivity contribution < 1.29 is 9.84 Å². The third kappa shape index (κ3) is 2.52. The molecule has 0 aliphatic carbocycles. The van der Waals surface area contributed by atoms with Crippen molar-refractivity contribution in [3.05, 3.63) is 41.0 Å². The maximum absolute atomic E-state index is 9.89. The molecule has 2 heterocycles. The number of benzene rings is 1. The minimum absolute atomic E-state index is 0.0319. The van der Waals surface area contributed by atoms with Crippen LogP contribution in [0.2, 0.25) is 5.02 Å². The molecule has 0 saturated carbocycles. The molecule has 1 aliphatic rings. The molecule has 2 aromatic rings. The molecular weight excluding hydrogens is 276 g/mol. The lowest BCUT2D eigenvalue weighted by Crippen LogP contribution is -2.39. The van der Waals surface area contributed by atoms with E-state index in [1.165, 1.54) is 0 Å². The van der Waals surface area contributed by atoms with Gasteiger partial charge in [0.1, 0.15) is 0 Å². The van der Waals surface area contributed by atoms with Crippen LogP contribution >= 0.6 is 11.6 Å². The molecule has 106 valence electrons. The molecule has 0 bridgehead atoms. The molecule has 0 amide bonds. The largest absolute Gasteiger partial charge is 0.389 e. The van der Waals surface area contributed by atoms with Gasteiger partial charge in [-0.25, -0.2) is 0 Å². The summed E-state index contributed by atoms with van der Waals surface area (Å²) in [7, 11) is 1.99. The molecule has 1 aromatic heterocycles. The summed E-state index contributed by atoms with van der Waals surface area (Å²) < 4.78 is 5.31. The molecule has 5 heteroatoms. The zero-order valence-electron chi connectivity index (χ0n) is 11.3. The Labute approximate surface area is 122 Å². The Morgan fingerprint density at radius 1 is 1.40 bits per heavy atom. The first-order chi connectivity index (χ1) is 9.66. The van der Waals surface area contributed by atoms with Crippen molar-refractivity contribution in [3.8, 4) is 0 Å². The van der Waals surface area contributed by atoms with Crippen LogP contribution < -0.4 is 0 Å². The van der Waals surface area contributed by atoms with Gasteiger partial charge in [0, 0.05) is 23.2 Å². The van der Waals surface area contributed by atoms with Crippen LogP contribution in [0.3, 0.4) is 0 Å². The Kier molecular flexibility index (Phi) is 3.89. The number of rotatable bonds is 3. The van der Waals surface area contributed by atoms with Gasteiger partial charge >= 0.3 is 0 Å². The average Bonchev–Trinajstić information content (AvgIpc) is 2.88. The summed E-state index contributed by atoms with van der Waals surface area (Å²) in [4.78, 5) is 6.54. The van der Waals surface area contributed by atoms with Crippen LogP contribution in [0.25, 0.3) is 10.9 Å². The van der Waals surface area contributed by atoms with Crippen LogP contribution in [0.4, 0.5) is 0 Å². The molecule has 4 nitrogen and oxygen atoms in total. The molecular formula is C15H17ClN2O2. The number of aliphatic hydroxyl groups is 1. The molecule has 1 N–H and O–H groups in total. The number of hydrogen-bond acceptors (Lipinski definition) is 4. The average molecular weight is 293 g/mol. The third-order valence-corrected chi connectivity index (χ3v) is 4.14. The van der Waals surface area contributed by atoms with E-state index in [-0.39, 0.29) is 6.04 Å². The molecule has 3 rings (SSSR count). The van der Waals surface area contributed by atoms with E-state index >= 15 is 0 Å². The molecule has 0 radical (unpaired) electrons. The number of aromatic nitrogens is 1. The van der Waals surface area contributed by atoms with Crippen LogP contribution in [-0.4, -0.2) is 47.4 Å². The van der Waals surface area contributed by atoms with E-state index in [1.54, 1.807) is 6.20 Å². The van der Waals surface area contributed by atoms with Crippen molar-refractivity contribution in [1.82, 2.24) is 9.88 Å². The van der Waals surface area contributed by atoms with Gasteiger partial charge in [-0.15, -0.1) is 0 Å². The first-order valence-corrected chi connectivity index (χ1v) is 7.03. The van der Waals surface area contributed by atoms with Crippen molar-refractivity contribution in [2.24, 2.45) is 0 Å². The van der Waals surface area contributed by atoms with Crippen LogP contribution in [0.15, 0.2) is 30.5 Å². The Balaban J connectivity index is 1.89. The lowest BCUT2D eigenvalue weighted by Gasteiger charge is -2.25. The fraction of sp³-hybridized carbons (Fsp3) is 0.400. The van der Waals surface area contributed by atoms with E-state index in [1.807, 2.05) is 31.3 Å². The second kappa shape index (κ2) is 5.66. The normalized spacial score (nSPS) is 22.8. The summed E-state index contributed by atoms with van der Waals surface area (Å²) >= 11 is 6.20. The molecule has 1 aliphatic heterocycles. The Bertz CT molecular complexity index is 620. The summed E-state index contributed by atoms with van der Waals surface area (Å²) in [6, 6.07) is 7.79. The third-order valence-electron chi connectivity index (χ3n) is 3.81. The minimum atomic E-state index is -0.425. The predicted molar refractivity (Wildman–Crippen MR) is 78.8 cm³/mol. The highest BCUT2D eigenvalue weighted by molar-refractivity contribution is 6.35. The van der Waals surface area contributed by atoms with Crippen molar-refractivity contribution in [2.45, 2.75) is 18.7 Å². The number of ether oxygens (including phenoxy) is 1. The number of pyridine rings is 1. The lowest BCUT2D eigenvalue weighted by molar-refractivity contribution is 0.0927. The standard InChI is InChI=1S/C15H17ClN2O2/c1-18(13-8-20-9-14(13)19)7-10-4-5-12(16)11-3-2-6-17-15(10)11/h2-6,13-14,19H,7-9H2,1H3/t13-,14-/m1/s1. The Morgan fingerprint density at radius 2 is 2.25 bits per heavy atom. The van der Waals surface area contributed by atoms with E-state index in [4.69, 9.17) is 16.3 Å². The smallest absolute Gasteiger partial charge is 0.0950 e. The molecule has 2 atom stereocenters. The zero-order valence-corrected chi connectivity index (χ0v) is 12.0. The summed E-state index contributed by atoms with van der Waals surface area (Å²) in [6.45, 7) is 1.68. The van der Waals surface area contributed by atoms with Gasteiger partial charge < -0.3 is 9.84 Å². The van der Waals surface area contributed by atoms with Crippen molar-refractivity contribution in [1.29, 1.82) is 0 Å². The molecule has 1 aromatic carbocycles. The maximum Gasteiger partial charge on any atom is 0.0950 e. The summed E-state index contributed by atoms with van der Waals surface area (Å²) in [5.74, 6) is 0. The van der Waals surface area contributed by atoms with Crippen molar-refractivity contribution in [2.75, 3.05) is 20.3 Å². The SMILES string of the molecule is CN(Cc1ccc(Cl)c2cccnc12)[C@@H]1COC[C@H]1O. The highest BCUT2D eigenvalue weighted by atomic mass is 35.5. The molecule has 0 unspecified atom stereocenters. The molecule has 1 fully saturated rings. The summed E-state index contributed by atoms with van der Waals surface area (Å²) in [5, 5.41) is 11.6. The number of halogens is 1. The Morgan fingerprint density at radius 3 is 3.00 bits per heavy atom. The number of aliphatic hydroxyl groups excluding tert-OH is 1. The topological polar surface area (TPSA) is 45.6 Å². The predicted octanol–water partition coefficient (Wildman–Crippen LogP) is 2.08. The summed E-state index contributed by atoms with van der Waals surface area (Å²) in [6.07, 6.45) is 1.35. The van der Waals surface area contributed by atoms with Gasteiger partial charge in [-0.2, -0.15) is 0 Å². The van der Waals surface area contributed by atoms with E-state index in [9.17, 15) is 5.11 Å². The van der Waals surface area contributed by atoms with E-state index < -0.39 is 6.10 Å². The van der Waals surface area contributed by atoms with Crippen LogP contribution in [0.1, 0.15) is 5.56 Å². The second-order valence-electron chi connectivity index (χ2n) is 5.19. The van der Waals surface area contributed by atoms with Gasteiger partial charge in [-0.3, -0.25) is 9.88 Å². The zero-order chi connectivity index (χ0) is 14.1. The van der Waals surface area contributed by atoms with E-state index in [2.05, 4.69) is 9.88 Å². The Hall–Kier alpha value is -1.20. The fourth-order valence-corrected chi connectivity index (χ4v) is 2.88. The van der Waals surface area contributed by atoms with Gasteiger partial charge in [0.15, 0.2) is 0 Å². The number of likely N-dealkylation sites (N-methyl/N-ethyl adjacent to an activating group) is 1. The first-order valence-electron chi connectivity index (χ1n) is 6.65. The van der Waals surface area contributed by atoms with Gasteiger partial charge in [0.2, 0.25) is 0 Å². The van der Waals surface area contributed by atoms with E-state index in [0.29, 0.717) is 24.8 Å². The van der Waals surface area contributed by atoms with Gasteiger partial charge in [0.25, 0.3) is 0 Å². The summed E-state index contributed by atoms with van der Waals surface area (Å²) in [5.41, 5.74) is 2.02. The van der Waals surface area contributed by atoms with Crippen LogP contribution in [0.5, 0.6) is 0 Å². The number of nitrogens with zero attached hydrogens (tertiary/aromatic N) is 2. The minimum Gasteiger partial charge on any atom is -0.389 e. The highest BCUT2D eigenvalue weighted by Gasteiger charge is 2.29. The van der Waals surface area contributed by atoms with Crippen molar-refractivity contribution >= 4 is 22.5 Å². The van der Waals surface area contributed by atoms with Gasteiger partial charge in [-0.05, 0) is 30.8 Å². The monoisotopic (exact) mass is 292 g/mol. The second-order valence-corrected chi connectivity index (χ2v) is 5.60. The highest BCUT2D eigenvalue weighted by Crippen LogP contribution is 2.26. The van der Waals surface area contributed by atoms with E-state index in [0.717, 1.165) is 16.5 Å². The molecule has 0 spiro atoms. The number of hydrogen-bond donors (Lipinski definition) is 1. The fourth-order valence-electron chi connectivity index (χ4n) is 2.66. The molecule has 1 saturated heterocycles. The molecule has 20 heavy (non-hydrogen) atoms. The van der Waals surface area contributed by atoms with Gasteiger partial charge in [-0.1, -0.05) is 17.7 Å². The number of fused-ring (bicyclic) bond motifs is 1. The van der Waals surface area contributed by atoms with Crippen LogP contribution in [-0.2, 0) is 11.3 Å². The van der Waals surface area contributed by atoms with Crippen LogP contribution in [0, 0.1) is 0 Å². The maximum atomic E-state index is 9.89. The van der Waals surface area contributed by atoms with Crippen molar-refractivity contribution in [3.63, 3.8) is 0 Å². The quantitative estimate of drug-likeness (QED) is 0.941. The lowest BCUT2D eigenvalue weighted by atomic mass is 10.1. The van der Waals surface area contributed by atoms with Gasteiger partial charge in [0.05, 0.1) is 30.9 Å².